The van der Waals surface area contributed by atoms with Crippen molar-refractivity contribution in [3.8, 4) is 39.4 Å². The number of rotatable bonds is 7. The standard InChI is InChI=1S/C51H33N5O/c1-3-14-35(15-4-1)42-24-11-25-43(36-16-5-2-6-17-36)48(42)55-34-54(47-29-28-37-18-7-8-23-44(37)49(47)55)38-19-9-21-40(32-38)57-41-22-10-20-39(33-41)56-50-45(26-12-30-52-50)46-27-13-31-53-51(46)56/h1-33H/q+2. The van der Waals surface area contributed by atoms with Crippen LogP contribution in [-0.4, -0.2) is 20.5 Å². The van der Waals surface area contributed by atoms with Crippen molar-refractivity contribution in [2.75, 3.05) is 0 Å². The molecule has 0 amide bonds. The molecule has 10 aromatic rings. The normalized spacial score (nSPS) is 12.1. The van der Waals surface area contributed by atoms with Crippen molar-refractivity contribution in [3.63, 3.8) is 0 Å². The molecule has 6 heteroatoms. The highest BCUT2D eigenvalue weighted by atomic mass is 16.5. The maximum Gasteiger partial charge on any atom is 0.503 e. The van der Waals surface area contributed by atoms with Gasteiger partial charge in [-0.05, 0) is 92.4 Å². The van der Waals surface area contributed by atoms with Crippen molar-refractivity contribution in [1.29, 1.82) is 0 Å². The fourth-order valence-corrected chi connectivity index (χ4v) is 8.13. The molecule has 0 bridgehead atoms. The Morgan fingerprint density at radius 3 is 1.75 bits per heavy atom. The number of hydrogen-bond donors (Lipinski definition) is 0. The minimum Gasteiger partial charge on any atom is -0.457 e. The SMILES string of the molecule is C1=[N+](c2cccc(Oc3cccc(-n4c5ncccc5c5cccnc54)c3)c2)c2ccc3ccccc3c2[N+]=1c1c(-c2ccccc2)cccc1-c1ccccc1. The van der Waals surface area contributed by atoms with Gasteiger partial charge in [0.15, 0.2) is 0 Å². The van der Waals surface area contributed by atoms with Gasteiger partial charge in [-0.3, -0.25) is 4.57 Å². The molecule has 0 radical (unpaired) electrons. The van der Waals surface area contributed by atoms with Crippen molar-refractivity contribution in [2.45, 2.75) is 0 Å². The number of ether oxygens (including phenoxy) is 1. The molecule has 0 fully saturated rings. The summed E-state index contributed by atoms with van der Waals surface area (Å²) in [6, 6.07) is 69.0. The summed E-state index contributed by atoms with van der Waals surface area (Å²) < 4.78 is 13.1. The lowest BCUT2D eigenvalue weighted by atomic mass is 9.95. The molecule has 0 saturated carbocycles. The minimum absolute atomic E-state index is 0.707. The summed E-state index contributed by atoms with van der Waals surface area (Å²) in [4.78, 5) is 9.48. The van der Waals surface area contributed by atoms with E-state index in [-0.39, 0.29) is 0 Å². The first-order valence-corrected chi connectivity index (χ1v) is 19.0. The molecule has 0 spiro atoms. The van der Waals surface area contributed by atoms with Crippen LogP contribution in [0.1, 0.15) is 0 Å². The zero-order valence-electron chi connectivity index (χ0n) is 30.7. The Morgan fingerprint density at radius 2 is 1.05 bits per heavy atom. The predicted molar refractivity (Wildman–Crippen MR) is 232 cm³/mol. The van der Waals surface area contributed by atoms with Gasteiger partial charge in [0.1, 0.15) is 22.8 Å². The van der Waals surface area contributed by atoms with E-state index in [1.807, 2.05) is 54.9 Å². The third kappa shape index (κ3) is 5.51. The molecule has 1 aliphatic rings. The highest BCUT2D eigenvalue weighted by Crippen LogP contribution is 2.47. The lowest BCUT2D eigenvalue weighted by Gasteiger charge is -2.11. The Bertz CT molecular complexity index is 3140. The lowest BCUT2D eigenvalue weighted by molar-refractivity contribution is 0.482. The average molecular weight is 732 g/mol. The molecular formula is C51H33N5O+2. The van der Waals surface area contributed by atoms with Crippen LogP contribution in [0.3, 0.4) is 0 Å². The first kappa shape index (κ1) is 32.5. The van der Waals surface area contributed by atoms with E-state index >= 15 is 0 Å². The van der Waals surface area contributed by atoms with Gasteiger partial charge in [-0.25, -0.2) is 9.97 Å². The van der Waals surface area contributed by atoms with Crippen LogP contribution < -0.4 is 13.9 Å². The largest absolute Gasteiger partial charge is 0.503 e. The van der Waals surface area contributed by atoms with Crippen LogP contribution in [0, 0.1) is 0 Å². The number of hydrogen-bond acceptors (Lipinski definition) is 3. The number of fused-ring (bicyclic) bond motifs is 6. The summed E-state index contributed by atoms with van der Waals surface area (Å²) in [6.45, 7) is 0. The van der Waals surface area contributed by atoms with Gasteiger partial charge < -0.3 is 4.74 Å². The van der Waals surface area contributed by atoms with Gasteiger partial charge in [0.25, 0.3) is 5.69 Å². The van der Waals surface area contributed by atoms with Gasteiger partial charge in [-0.15, -0.1) is 0 Å². The van der Waals surface area contributed by atoms with Crippen molar-refractivity contribution < 1.29 is 4.74 Å². The van der Waals surface area contributed by atoms with Crippen LogP contribution in [0.5, 0.6) is 11.5 Å². The van der Waals surface area contributed by atoms with E-state index in [9.17, 15) is 0 Å². The third-order valence-corrected chi connectivity index (χ3v) is 10.6. The van der Waals surface area contributed by atoms with Gasteiger partial charge in [0.05, 0.1) is 28.3 Å². The van der Waals surface area contributed by atoms with Crippen LogP contribution in [0.15, 0.2) is 200 Å². The second kappa shape index (κ2) is 13.4. The van der Waals surface area contributed by atoms with Crippen LogP contribution in [0.4, 0.5) is 22.7 Å². The first-order valence-electron chi connectivity index (χ1n) is 19.0. The molecule has 0 unspecified atom stereocenters. The quantitative estimate of drug-likeness (QED) is 0.153. The fraction of sp³-hybridized carbons (Fsp3) is 0. The van der Waals surface area contributed by atoms with Gasteiger partial charge in [0.2, 0.25) is 11.4 Å². The van der Waals surface area contributed by atoms with E-state index in [1.165, 1.54) is 0 Å². The molecule has 7 aromatic carbocycles. The second-order valence-corrected chi connectivity index (χ2v) is 14.0. The number of nitrogens with zero attached hydrogens (tertiary/aromatic N) is 5. The summed E-state index contributed by atoms with van der Waals surface area (Å²) in [5.74, 6) is 1.42. The monoisotopic (exact) mass is 731 g/mol. The first-order chi connectivity index (χ1) is 28.3. The Kier molecular flexibility index (Phi) is 7.66. The number of para-hydroxylation sites is 1. The molecule has 57 heavy (non-hydrogen) atoms. The van der Waals surface area contributed by atoms with Gasteiger partial charge in [0, 0.05) is 41.4 Å². The molecule has 266 valence electrons. The summed E-state index contributed by atoms with van der Waals surface area (Å²) in [5.41, 5.74) is 11.2. The maximum absolute atomic E-state index is 6.64. The summed E-state index contributed by atoms with van der Waals surface area (Å²) >= 11 is 0. The van der Waals surface area contributed by atoms with E-state index in [2.05, 4.69) is 165 Å². The molecule has 0 aliphatic carbocycles. The minimum atomic E-state index is 0.707. The van der Waals surface area contributed by atoms with E-state index < -0.39 is 0 Å². The fourth-order valence-electron chi connectivity index (χ4n) is 8.13. The molecule has 6 nitrogen and oxygen atoms in total. The molecule has 0 atom stereocenters. The summed E-state index contributed by atoms with van der Waals surface area (Å²) in [6.07, 6.45) is 3.64. The molecule has 0 saturated heterocycles. The van der Waals surface area contributed by atoms with Gasteiger partial charge in [-0.2, -0.15) is 0 Å². The van der Waals surface area contributed by atoms with Crippen molar-refractivity contribution in [1.82, 2.24) is 23.7 Å². The topological polar surface area (TPSA) is 46.0 Å². The molecule has 1 aliphatic heterocycles. The zero-order chi connectivity index (χ0) is 37.7. The van der Waals surface area contributed by atoms with Crippen LogP contribution in [0.2, 0.25) is 0 Å². The highest BCUT2D eigenvalue weighted by molar-refractivity contribution is 6.07. The van der Waals surface area contributed by atoms with E-state index in [0.717, 1.165) is 83.5 Å². The molecule has 0 N–H and O–H groups in total. The van der Waals surface area contributed by atoms with Crippen LogP contribution >= 0.6 is 0 Å². The smallest absolute Gasteiger partial charge is 0.457 e. The summed E-state index contributed by atoms with van der Waals surface area (Å²) in [7, 11) is 0. The second-order valence-electron chi connectivity index (χ2n) is 14.0. The Balaban J connectivity index is 1.07. The predicted octanol–water partition coefficient (Wildman–Crippen LogP) is 12.7. The van der Waals surface area contributed by atoms with E-state index in [4.69, 9.17) is 14.7 Å². The Morgan fingerprint density at radius 1 is 0.456 bits per heavy atom. The number of pyridine rings is 2. The van der Waals surface area contributed by atoms with Crippen molar-refractivity contribution in [3.05, 3.63) is 200 Å². The van der Waals surface area contributed by atoms with Gasteiger partial charge in [-0.1, -0.05) is 97.1 Å². The number of benzene rings is 7. The molecule has 3 aromatic heterocycles. The average Bonchev–Trinajstić information content (AvgIpc) is 3.84. The molecular weight excluding hydrogens is 699 g/mol. The van der Waals surface area contributed by atoms with Crippen LogP contribution in [0.25, 0.3) is 60.8 Å². The van der Waals surface area contributed by atoms with E-state index in [1.54, 1.807) is 0 Å². The van der Waals surface area contributed by atoms with E-state index in [0.29, 0.717) is 11.5 Å². The zero-order valence-corrected chi connectivity index (χ0v) is 30.7. The Labute approximate surface area is 328 Å². The highest BCUT2D eigenvalue weighted by Gasteiger charge is 2.41. The maximum atomic E-state index is 6.64. The summed E-state index contributed by atoms with van der Waals surface area (Å²) in [5, 5.41) is 4.42. The lowest BCUT2D eigenvalue weighted by Crippen LogP contribution is -2.05. The third-order valence-electron chi connectivity index (χ3n) is 10.6. The molecule has 11 rings (SSSR count). The molecule has 4 heterocycles. The van der Waals surface area contributed by atoms with Crippen molar-refractivity contribution >= 4 is 61.6 Å². The number of aromatic nitrogens is 3. The Hall–Kier alpha value is -7.92. The van der Waals surface area contributed by atoms with Crippen molar-refractivity contribution in [2.24, 2.45) is 0 Å². The van der Waals surface area contributed by atoms with Crippen LogP contribution in [-0.2, 0) is 0 Å². The van der Waals surface area contributed by atoms with Gasteiger partial charge >= 0.3 is 11.7 Å².